The Bertz CT molecular complexity index is 1070. The highest BCUT2D eigenvalue weighted by molar-refractivity contribution is 7.54. The van der Waals surface area contributed by atoms with Gasteiger partial charge in [-0.1, -0.05) is 0 Å². The van der Waals surface area contributed by atoms with Gasteiger partial charge in [0.1, 0.15) is 23.3 Å². The first-order chi connectivity index (χ1) is 15.6. The van der Waals surface area contributed by atoms with E-state index in [-0.39, 0.29) is 25.4 Å². The molecule has 13 heteroatoms. The number of hydrazone groups is 1. The molecule has 0 fully saturated rings. The first kappa shape index (κ1) is 26.2. The van der Waals surface area contributed by atoms with Gasteiger partial charge in [0.2, 0.25) is 0 Å². The molecule has 0 aliphatic heterocycles. The van der Waals surface area contributed by atoms with Crippen LogP contribution in [0.3, 0.4) is 0 Å². The summed E-state index contributed by atoms with van der Waals surface area (Å²) >= 11 is 0. The van der Waals surface area contributed by atoms with E-state index in [0.29, 0.717) is 28.3 Å². The Hall–Kier alpha value is -3.08. The largest absolute Gasteiger partial charge is 0.496 e. The number of methoxy groups -OCH3 is 1. The Morgan fingerprint density at radius 3 is 2.52 bits per heavy atom. The summed E-state index contributed by atoms with van der Waals surface area (Å²) in [6.07, 6.45) is 0.966. The van der Waals surface area contributed by atoms with E-state index < -0.39 is 24.6 Å². The lowest BCUT2D eigenvalue weighted by atomic mass is 10.1. The van der Waals surface area contributed by atoms with Crippen molar-refractivity contribution < 1.29 is 28.1 Å². The minimum Gasteiger partial charge on any atom is -0.496 e. The van der Waals surface area contributed by atoms with Gasteiger partial charge in [-0.3, -0.25) is 24.2 Å². The Morgan fingerprint density at radius 2 is 1.97 bits per heavy atom. The maximum atomic E-state index is 12.4. The van der Waals surface area contributed by atoms with Gasteiger partial charge in [0, 0.05) is 5.56 Å². The number of hydrogen-bond donors (Lipinski definition) is 1. The minimum absolute atomic E-state index is 0.0224. The highest BCUT2D eigenvalue weighted by atomic mass is 31.2. The van der Waals surface area contributed by atoms with Crippen LogP contribution in [0.25, 0.3) is 0 Å². The van der Waals surface area contributed by atoms with Crippen molar-refractivity contribution in [2.75, 3.05) is 26.5 Å². The van der Waals surface area contributed by atoms with Crippen LogP contribution in [0.4, 0.5) is 5.69 Å². The third-order valence-electron chi connectivity index (χ3n) is 4.54. The van der Waals surface area contributed by atoms with Gasteiger partial charge in [-0.15, -0.1) is 0 Å². The molecule has 1 N–H and O–H groups in total. The van der Waals surface area contributed by atoms with Gasteiger partial charge in [-0.2, -0.15) is 10.2 Å². The van der Waals surface area contributed by atoms with Crippen molar-refractivity contribution in [3.05, 3.63) is 50.8 Å². The summed E-state index contributed by atoms with van der Waals surface area (Å²) in [6, 6.07) is 5.21. The standard InChI is InChI=1S/C20H28N5O7P/c1-6-31-33(29,32-7-2)13-19(26)22-21-11-16-8-9-18(30-5)17(10-16)12-24-15(4)20(25(27)28)14(3)23-24/h8-11H,6-7,12-13H2,1-5H3,(H,22,26)/b21-11+. The summed E-state index contributed by atoms with van der Waals surface area (Å²) in [6.45, 7) is 7.08. The van der Waals surface area contributed by atoms with Crippen molar-refractivity contribution in [3.63, 3.8) is 0 Å². The second-order valence-corrected chi connectivity index (χ2v) is 8.96. The maximum absolute atomic E-state index is 12.4. The SMILES string of the molecule is CCOP(=O)(CC(=O)N/N=C/c1ccc(OC)c(Cn2nc(C)c([N+](=O)[O-])c2C)c1)OCC. The molecule has 33 heavy (non-hydrogen) atoms. The van der Waals surface area contributed by atoms with Crippen molar-refractivity contribution in [1.29, 1.82) is 0 Å². The number of aryl methyl sites for hydroxylation is 1. The fraction of sp³-hybridized carbons (Fsp3) is 0.450. The van der Waals surface area contributed by atoms with Gasteiger partial charge in [-0.05, 0) is 51.5 Å². The van der Waals surface area contributed by atoms with Crippen molar-refractivity contribution in [1.82, 2.24) is 15.2 Å². The zero-order chi connectivity index (χ0) is 24.6. The van der Waals surface area contributed by atoms with Gasteiger partial charge in [0.15, 0.2) is 0 Å². The number of nitro groups is 1. The first-order valence-corrected chi connectivity index (χ1v) is 11.9. The van der Waals surface area contributed by atoms with Crippen LogP contribution >= 0.6 is 7.60 Å². The van der Waals surface area contributed by atoms with Gasteiger partial charge < -0.3 is 13.8 Å². The van der Waals surface area contributed by atoms with Gasteiger partial charge in [0.25, 0.3) is 5.91 Å². The molecule has 0 aliphatic rings. The molecule has 2 rings (SSSR count). The predicted molar refractivity (Wildman–Crippen MR) is 122 cm³/mol. The average Bonchev–Trinajstić information content (AvgIpc) is 3.01. The molecular weight excluding hydrogens is 453 g/mol. The highest BCUT2D eigenvalue weighted by Crippen LogP contribution is 2.47. The van der Waals surface area contributed by atoms with E-state index in [4.69, 9.17) is 13.8 Å². The number of nitrogens with one attached hydrogen (secondary N) is 1. The Morgan fingerprint density at radius 1 is 1.30 bits per heavy atom. The van der Waals surface area contributed by atoms with Crippen molar-refractivity contribution in [2.45, 2.75) is 34.2 Å². The summed E-state index contributed by atoms with van der Waals surface area (Å²) in [7, 11) is -2.00. The third-order valence-corrected chi connectivity index (χ3v) is 6.52. The first-order valence-electron chi connectivity index (χ1n) is 10.2. The summed E-state index contributed by atoms with van der Waals surface area (Å²) in [4.78, 5) is 22.9. The monoisotopic (exact) mass is 481 g/mol. The molecule has 0 unspecified atom stereocenters. The number of ether oxygens (including phenoxy) is 1. The van der Waals surface area contributed by atoms with E-state index in [9.17, 15) is 19.5 Å². The molecular formula is C20H28N5O7P. The number of aromatic nitrogens is 2. The fourth-order valence-corrected chi connectivity index (χ4v) is 4.65. The molecule has 0 saturated heterocycles. The molecule has 1 heterocycles. The normalized spacial score (nSPS) is 11.7. The van der Waals surface area contributed by atoms with Crippen molar-refractivity contribution >= 4 is 25.4 Å². The second kappa shape index (κ2) is 11.7. The molecule has 0 aliphatic carbocycles. The molecule has 0 saturated carbocycles. The van der Waals surface area contributed by atoms with E-state index in [1.807, 2.05) is 0 Å². The van der Waals surface area contributed by atoms with Gasteiger partial charge in [0.05, 0.1) is 38.0 Å². The molecule has 0 bridgehead atoms. The number of amides is 1. The van der Waals surface area contributed by atoms with Crippen molar-refractivity contribution in [3.8, 4) is 5.75 Å². The molecule has 2 aromatic rings. The van der Waals surface area contributed by atoms with Crippen LogP contribution in [0, 0.1) is 24.0 Å². The Kier molecular flexibility index (Phi) is 9.27. The van der Waals surface area contributed by atoms with Crippen LogP contribution in [-0.4, -0.2) is 53.3 Å². The minimum atomic E-state index is -3.52. The summed E-state index contributed by atoms with van der Waals surface area (Å²) in [5, 5.41) is 19.4. The molecule has 0 spiro atoms. The van der Waals surface area contributed by atoms with Crippen LogP contribution < -0.4 is 10.2 Å². The smallest absolute Gasteiger partial charge is 0.340 e. The molecule has 1 aromatic heterocycles. The van der Waals surface area contributed by atoms with E-state index in [1.54, 1.807) is 45.9 Å². The number of rotatable bonds is 12. The molecule has 180 valence electrons. The maximum Gasteiger partial charge on any atom is 0.340 e. The van der Waals surface area contributed by atoms with Crippen molar-refractivity contribution in [2.24, 2.45) is 5.10 Å². The lowest BCUT2D eigenvalue weighted by Crippen LogP contribution is -2.22. The number of benzene rings is 1. The van der Waals surface area contributed by atoms with Gasteiger partial charge in [-0.25, -0.2) is 5.43 Å². The molecule has 12 nitrogen and oxygen atoms in total. The van der Waals surface area contributed by atoms with Crippen LogP contribution in [0.2, 0.25) is 0 Å². The fourth-order valence-electron chi connectivity index (χ4n) is 3.18. The van der Waals surface area contributed by atoms with Gasteiger partial charge >= 0.3 is 13.3 Å². The van der Waals surface area contributed by atoms with E-state index >= 15 is 0 Å². The zero-order valence-corrected chi connectivity index (χ0v) is 20.1. The lowest BCUT2D eigenvalue weighted by Gasteiger charge is -2.15. The summed E-state index contributed by atoms with van der Waals surface area (Å²) < 4.78 is 29.5. The zero-order valence-electron chi connectivity index (χ0n) is 19.2. The summed E-state index contributed by atoms with van der Waals surface area (Å²) in [5.74, 6) is -0.0408. The number of carbonyl (C=O) groups is 1. The number of carbonyl (C=O) groups excluding carboxylic acids is 1. The molecule has 0 radical (unpaired) electrons. The average molecular weight is 481 g/mol. The lowest BCUT2D eigenvalue weighted by molar-refractivity contribution is -0.386. The predicted octanol–water partition coefficient (Wildman–Crippen LogP) is 3.18. The summed E-state index contributed by atoms with van der Waals surface area (Å²) in [5.41, 5.74) is 4.39. The van der Waals surface area contributed by atoms with Crippen LogP contribution in [0.5, 0.6) is 5.75 Å². The number of nitrogens with zero attached hydrogens (tertiary/aromatic N) is 4. The topological polar surface area (TPSA) is 147 Å². The van der Waals surface area contributed by atoms with Crippen LogP contribution in [0.1, 0.15) is 36.4 Å². The molecule has 0 atom stereocenters. The molecule has 1 aromatic carbocycles. The quantitative estimate of drug-likeness (QED) is 0.210. The molecule has 1 amide bonds. The number of hydrogen-bond acceptors (Lipinski definition) is 9. The highest BCUT2D eigenvalue weighted by Gasteiger charge is 2.27. The Labute approximate surface area is 191 Å². The van der Waals surface area contributed by atoms with E-state index in [2.05, 4.69) is 15.6 Å². The van der Waals surface area contributed by atoms with E-state index in [0.717, 1.165) is 0 Å². The van der Waals surface area contributed by atoms with Crippen LogP contribution in [0.15, 0.2) is 23.3 Å². The van der Waals surface area contributed by atoms with Crippen LogP contribution in [-0.2, 0) is 25.0 Å². The van der Waals surface area contributed by atoms with E-state index in [1.165, 1.54) is 18.0 Å². The Balaban J connectivity index is 2.15. The second-order valence-electron chi connectivity index (χ2n) is 6.90. The third kappa shape index (κ3) is 6.95.